The Morgan fingerprint density at radius 3 is 2.92 bits per heavy atom. The number of hydrogen-bond acceptors (Lipinski definition) is 6. The van der Waals surface area contributed by atoms with E-state index < -0.39 is 6.61 Å². The van der Waals surface area contributed by atoms with Gasteiger partial charge >= 0.3 is 6.61 Å². The molecule has 3 aromatic rings. The Balaban J connectivity index is 1.91. The smallest absolute Gasteiger partial charge is 0.387 e. The van der Waals surface area contributed by atoms with Gasteiger partial charge in [0.1, 0.15) is 0 Å². The van der Waals surface area contributed by atoms with E-state index in [1.807, 2.05) is 0 Å². The summed E-state index contributed by atoms with van der Waals surface area (Å²) in [6.07, 6.45) is 3.00. The highest BCUT2D eigenvalue weighted by Crippen LogP contribution is 2.29. The van der Waals surface area contributed by atoms with Gasteiger partial charge in [-0.1, -0.05) is 0 Å². The Morgan fingerprint density at radius 2 is 2.23 bits per heavy atom. The third-order valence-electron chi connectivity index (χ3n) is 3.20. The average Bonchev–Trinajstić information content (AvgIpc) is 3.24. The van der Waals surface area contributed by atoms with Crippen LogP contribution in [0.2, 0.25) is 0 Å². The van der Waals surface area contributed by atoms with Crippen LogP contribution >= 0.6 is 12.2 Å². The van der Waals surface area contributed by atoms with Crippen LogP contribution in [0.3, 0.4) is 0 Å². The normalized spacial score (nSPS) is 11.4. The average molecular weight is 380 g/mol. The van der Waals surface area contributed by atoms with Crippen molar-refractivity contribution >= 4 is 18.4 Å². The molecule has 0 aliphatic heterocycles. The zero-order valence-electron chi connectivity index (χ0n) is 13.6. The molecule has 1 aromatic carbocycles. The fraction of sp³-hybridized carbons (Fsp3) is 0.188. The van der Waals surface area contributed by atoms with E-state index in [9.17, 15) is 8.78 Å². The summed E-state index contributed by atoms with van der Waals surface area (Å²) in [6, 6.07) is 7.94. The number of nitrogens with zero attached hydrogens (tertiary/aromatic N) is 3. The summed E-state index contributed by atoms with van der Waals surface area (Å²) in [4.78, 5) is 0. The number of nitrogens with one attached hydrogen (secondary N) is 1. The maximum Gasteiger partial charge on any atom is 0.387 e. The van der Waals surface area contributed by atoms with Crippen molar-refractivity contribution in [3.05, 3.63) is 46.9 Å². The lowest BCUT2D eigenvalue weighted by Crippen LogP contribution is -2.05. The van der Waals surface area contributed by atoms with Crippen LogP contribution in [0.4, 0.5) is 8.78 Å². The van der Waals surface area contributed by atoms with Crippen LogP contribution in [0, 0.1) is 4.77 Å². The summed E-state index contributed by atoms with van der Waals surface area (Å²) in [5.74, 6) is 1.04. The molecule has 3 rings (SSSR count). The van der Waals surface area contributed by atoms with E-state index in [0.717, 1.165) is 0 Å². The van der Waals surface area contributed by atoms with Gasteiger partial charge in [0.05, 0.1) is 19.1 Å². The van der Waals surface area contributed by atoms with Crippen molar-refractivity contribution in [1.82, 2.24) is 14.9 Å². The first-order valence-corrected chi connectivity index (χ1v) is 7.96. The summed E-state index contributed by atoms with van der Waals surface area (Å²) < 4.78 is 41.7. The molecule has 136 valence electrons. The fourth-order valence-electron chi connectivity index (χ4n) is 2.16. The summed E-state index contributed by atoms with van der Waals surface area (Å²) >= 11 is 5.16. The van der Waals surface area contributed by atoms with Crippen LogP contribution in [0.25, 0.3) is 11.6 Å². The fourth-order valence-corrected chi connectivity index (χ4v) is 2.33. The van der Waals surface area contributed by atoms with Crippen molar-refractivity contribution in [3.63, 3.8) is 0 Å². The standard InChI is InChI=1S/C16H14F2N4O3S/c1-2-23-13-8-10(5-6-11(13)25-15(17)18)9-19-22-14(20-21-16(22)26)12-4-3-7-24-12/h3-9,15H,2H2,1H3,(H,21,26)/b19-9-. The van der Waals surface area contributed by atoms with Crippen molar-refractivity contribution < 1.29 is 22.7 Å². The van der Waals surface area contributed by atoms with Crippen molar-refractivity contribution in [3.8, 4) is 23.1 Å². The maximum absolute atomic E-state index is 12.5. The molecule has 0 spiro atoms. The van der Waals surface area contributed by atoms with E-state index in [4.69, 9.17) is 21.4 Å². The van der Waals surface area contributed by atoms with Crippen LogP contribution < -0.4 is 9.47 Å². The summed E-state index contributed by atoms with van der Waals surface area (Å²) in [6.45, 7) is -0.892. The molecule has 10 heteroatoms. The third kappa shape index (κ3) is 3.97. The van der Waals surface area contributed by atoms with Gasteiger partial charge in [0, 0.05) is 0 Å². The molecule has 0 unspecified atom stereocenters. The molecule has 0 fully saturated rings. The van der Waals surface area contributed by atoms with Gasteiger partial charge in [0.15, 0.2) is 17.3 Å². The van der Waals surface area contributed by atoms with Gasteiger partial charge in [-0.05, 0) is 55.0 Å². The second kappa shape index (κ2) is 7.91. The number of hydrogen-bond donors (Lipinski definition) is 1. The van der Waals surface area contributed by atoms with Gasteiger partial charge < -0.3 is 13.9 Å². The zero-order chi connectivity index (χ0) is 18.5. The van der Waals surface area contributed by atoms with E-state index in [1.54, 1.807) is 31.2 Å². The highest BCUT2D eigenvalue weighted by atomic mass is 32.1. The summed E-state index contributed by atoms with van der Waals surface area (Å²) in [7, 11) is 0. The molecule has 7 nitrogen and oxygen atoms in total. The lowest BCUT2D eigenvalue weighted by Gasteiger charge is -2.11. The topological polar surface area (TPSA) is 77.6 Å². The first-order valence-electron chi connectivity index (χ1n) is 7.55. The van der Waals surface area contributed by atoms with Crippen molar-refractivity contribution in [2.45, 2.75) is 13.5 Å². The molecule has 26 heavy (non-hydrogen) atoms. The van der Waals surface area contributed by atoms with Crippen LogP contribution in [-0.2, 0) is 0 Å². The Kier molecular flexibility index (Phi) is 5.42. The van der Waals surface area contributed by atoms with Crippen LogP contribution in [0.15, 0.2) is 46.1 Å². The molecular weight excluding hydrogens is 366 g/mol. The quantitative estimate of drug-likeness (QED) is 0.494. The summed E-state index contributed by atoms with van der Waals surface area (Å²) in [5.41, 5.74) is 0.601. The lowest BCUT2D eigenvalue weighted by molar-refractivity contribution is -0.0514. The zero-order valence-corrected chi connectivity index (χ0v) is 14.4. The first kappa shape index (κ1) is 17.8. The van der Waals surface area contributed by atoms with E-state index in [-0.39, 0.29) is 16.3 Å². The SMILES string of the molecule is CCOc1cc(/C=N\n2c(-c3ccco3)n[nH]c2=S)ccc1OC(F)F. The molecule has 0 saturated heterocycles. The molecular formula is C16H14F2N4O3S. The Bertz CT molecular complexity index is 951. The van der Waals surface area contributed by atoms with Gasteiger partial charge in [-0.25, -0.2) is 5.10 Å². The predicted octanol–water partition coefficient (Wildman–Crippen LogP) is 4.08. The van der Waals surface area contributed by atoms with E-state index in [1.165, 1.54) is 23.2 Å². The number of rotatable bonds is 7. The van der Waals surface area contributed by atoms with Gasteiger partial charge in [0.25, 0.3) is 0 Å². The number of H-pyrrole nitrogens is 1. The number of ether oxygens (including phenoxy) is 2. The van der Waals surface area contributed by atoms with E-state index in [2.05, 4.69) is 20.0 Å². The maximum atomic E-state index is 12.5. The van der Waals surface area contributed by atoms with E-state index >= 15 is 0 Å². The van der Waals surface area contributed by atoms with Gasteiger partial charge in [-0.15, -0.1) is 5.10 Å². The van der Waals surface area contributed by atoms with Crippen LogP contribution in [0.1, 0.15) is 12.5 Å². The molecule has 0 atom stereocenters. The predicted molar refractivity (Wildman–Crippen MR) is 92.3 cm³/mol. The van der Waals surface area contributed by atoms with Crippen molar-refractivity contribution in [1.29, 1.82) is 0 Å². The lowest BCUT2D eigenvalue weighted by atomic mass is 10.2. The largest absolute Gasteiger partial charge is 0.490 e. The molecule has 0 aliphatic carbocycles. The molecule has 0 aliphatic rings. The van der Waals surface area contributed by atoms with E-state index in [0.29, 0.717) is 23.8 Å². The second-order valence-electron chi connectivity index (χ2n) is 4.90. The molecule has 0 saturated carbocycles. The number of aromatic amines is 1. The van der Waals surface area contributed by atoms with Crippen molar-refractivity contribution in [2.75, 3.05) is 6.61 Å². The first-order chi connectivity index (χ1) is 12.6. The Morgan fingerprint density at radius 1 is 1.38 bits per heavy atom. The number of benzene rings is 1. The monoisotopic (exact) mass is 380 g/mol. The molecule has 1 N–H and O–H groups in total. The molecule has 0 radical (unpaired) electrons. The van der Waals surface area contributed by atoms with Crippen molar-refractivity contribution in [2.24, 2.45) is 5.10 Å². The van der Waals surface area contributed by atoms with Gasteiger partial charge in [-0.2, -0.15) is 18.6 Å². The summed E-state index contributed by atoms with van der Waals surface area (Å²) in [5, 5.41) is 11.0. The number of alkyl halides is 2. The molecule has 0 amide bonds. The Hall–Kier alpha value is -3.01. The number of furan rings is 1. The highest BCUT2D eigenvalue weighted by molar-refractivity contribution is 7.71. The van der Waals surface area contributed by atoms with Gasteiger partial charge in [0.2, 0.25) is 10.6 Å². The Labute approximate surface area is 151 Å². The minimum absolute atomic E-state index is 0.0461. The third-order valence-corrected chi connectivity index (χ3v) is 3.46. The highest BCUT2D eigenvalue weighted by Gasteiger charge is 2.12. The molecule has 2 heterocycles. The number of halogens is 2. The second-order valence-corrected chi connectivity index (χ2v) is 5.29. The van der Waals surface area contributed by atoms with Crippen LogP contribution in [0.5, 0.6) is 11.5 Å². The van der Waals surface area contributed by atoms with Crippen LogP contribution in [-0.4, -0.2) is 34.3 Å². The van der Waals surface area contributed by atoms with Gasteiger partial charge in [-0.3, -0.25) is 0 Å². The number of aromatic nitrogens is 3. The molecule has 2 aromatic heterocycles. The minimum Gasteiger partial charge on any atom is -0.490 e. The molecule has 0 bridgehead atoms. The minimum atomic E-state index is -2.94.